The lowest BCUT2D eigenvalue weighted by Gasteiger charge is -2.24. The van der Waals surface area contributed by atoms with Crippen LogP contribution in [0.1, 0.15) is 0 Å². The number of hydrogen-bond acceptors (Lipinski definition) is 1. The van der Waals surface area contributed by atoms with Crippen LogP contribution in [0.3, 0.4) is 0 Å². The predicted molar refractivity (Wildman–Crippen MR) is 254 cm³/mol. The SMILES string of the molecule is Bc1c(B)c(B)c(-c2c3ccccc3c(-c3cccc(-c4nc5ccccc5n4-c4c(B)c(B)c(B)c(B)c4B)c3)c3ccccc23)c(B)c1B. The third-order valence-electron chi connectivity index (χ3n) is 12.3. The summed E-state index contributed by atoms with van der Waals surface area (Å²) in [6.45, 7) is 0. The molecule has 12 heteroatoms. The molecule has 0 aliphatic heterocycles. The first kappa shape index (κ1) is 33.3. The fourth-order valence-electron chi connectivity index (χ4n) is 8.66. The predicted octanol–water partition coefficient (Wildman–Crippen LogP) is -7.08. The number of imidazole rings is 1. The molecule has 7 aromatic carbocycles. The molecule has 1 heterocycles. The van der Waals surface area contributed by atoms with Crippen molar-refractivity contribution in [3.63, 3.8) is 0 Å². The van der Waals surface area contributed by atoms with Gasteiger partial charge in [0.2, 0.25) is 0 Å². The van der Waals surface area contributed by atoms with E-state index in [1.54, 1.807) is 0 Å². The van der Waals surface area contributed by atoms with Crippen molar-refractivity contribution in [1.29, 1.82) is 0 Å². The molecule has 0 saturated heterocycles. The Morgan fingerprint density at radius 1 is 0.373 bits per heavy atom. The molecule has 0 saturated carbocycles. The topological polar surface area (TPSA) is 17.8 Å². The van der Waals surface area contributed by atoms with Gasteiger partial charge < -0.3 is 0 Å². The molecule has 0 bridgehead atoms. The Kier molecular flexibility index (Phi) is 8.13. The average molecular weight is 641 g/mol. The fourth-order valence-corrected chi connectivity index (χ4v) is 8.66. The first-order valence-electron chi connectivity index (χ1n) is 18.2. The molecule has 51 heavy (non-hydrogen) atoms. The van der Waals surface area contributed by atoms with Gasteiger partial charge in [-0.1, -0.05) is 112 Å². The summed E-state index contributed by atoms with van der Waals surface area (Å²) in [6.07, 6.45) is 0. The summed E-state index contributed by atoms with van der Waals surface area (Å²) >= 11 is 0. The Morgan fingerprint density at radius 2 is 0.804 bits per heavy atom. The highest BCUT2D eigenvalue weighted by atomic mass is 15.1. The third-order valence-corrected chi connectivity index (χ3v) is 12.3. The lowest BCUT2D eigenvalue weighted by atomic mass is 9.59. The normalized spacial score (nSPS) is 11.5. The summed E-state index contributed by atoms with van der Waals surface area (Å²) in [5.74, 6) is 0.967. The van der Waals surface area contributed by atoms with E-state index in [1.165, 1.54) is 104 Å². The molecule has 0 aliphatic carbocycles. The van der Waals surface area contributed by atoms with Crippen LogP contribution in [0, 0.1) is 0 Å². The maximum Gasteiger partial charge on any atom is 0.145 e. The lowest BCUT2D eigenvalue weighted by molar-refractivity contribution is 1.12. The Bertz CT molecular complexity index is 2660. The Labute approximate surface area is 310 Å². The number of hydrogen-bond donors (Lipinski definition) is 0. The Morgan fingerprint density at radius 3 is 1.35 bits per heavy atom. The van der Waals surface area contributed by atoms with Crippen molar-refractivity contribution < 1.29 is 0 Å². The van der Waals surface area contributed by atoms with Crippen LogP contribution in [0.5, 0.6) is 0 Å². The van der Waals surface area contributed by atoms with Gasteiger partial charge in [0, 0.05) is 11.3 Å². The zero-order chi connectivity index (χ0) is 35.9. The van der Waals surface area contributed by atoms with Crippen molar-refractivity contribution in [3.8, 4) is 39.3 Å². The van der Waals surface area contributed by atoms with Crippen molar-refractivity contribution in [3.05, 3.63) is 97.1 Å². The van der Waals surface area contributed by atoms with Crippen molar-refractivity contribution in [2.45, 2.75) is 0 Å². The molecule has 2 nitrogen and oxygen atoms in total. The highest BCUT2D eigenvalue weighted by Crippen LogP contribution is 2.43. The number of para-hydroxylation sites is 2. The summed E-state index contributed by atoms with van der Waals surface area (Å²) in [5, 5.41) is 5.11. The van der Waals surface area contributed by atoms with Gasteiger partial charge in [-0.25, -0.2) is 4.98 Å². The van der Waals surface area contributed by atoms with Gasteiger partial charge in [-0.3, -0.25) is 4.57 Å². The maximum absolute atomic E-state index is 5.34. The van der Waals surface area contributed by atoms with E-state index in [0.717, 1.165) is 22.4 Å². The molecule has 0 fully saturated rings. The minimum absolute atomic E-state index is 0.967. The average Bonchev–Trinajstić information content (AvgIpc) is 3.54. The fraction of sp³-hybridized carbons (Fsp3) is 0. The second-order valence-corrected chi connectivity index (χ2v) is 14.7. The molecule has 0 aliphatic rings. The minimum Gasteiger partial charge on any atom is -0.294 e. The van der Waals surface area contributed by atoms with Crippen LogP contribution in [0.15, 0.2) is 97.1 Å². The van der Waals surface area contributed by atoms with Gasteiger partial charge in [0.25, 0.3) is 0 Å². The maximum atomic E-state index is 5.34. The zero-order valence-corrected chi connectivity index (χ0v) is 31.6. The molecule has 8 rings (SSSR count). The van der Waals surface area contributed by atoms with Gasteiger partial charge in [0.05, 0.1) is 11.0 Å². The molecule has 0 unspecified atom stereocenters. The summed E-state index contributed by atoms with van der Waals surface area (Å²) in [6, 6.07) is 35.6. The largest absolute Gasteiger partial charge is 0.294 e. The summed E-state index contributed by atoms with van der Waals surface area (Å²) in [4.78, 5) is 5.34. The van der Waals surface area contributed by atoms with Crippen molar-refractivity contribution in [1.82, 2.24) is 9.55 Å². The van der Waals surface area contributed by atoms with E-state index in [2.05, 4.69) is 180 Å². The van der Waals surface area contributed by atoms with Gasteiger partial charge in [-0.15, -0.1) is 21.9 Å². The molecule has 0 N–H and O–H groups in total. The standard InChI is InChI=1S/C39H36B10N2/c40-28-27(29(41)31(43)32(44)30(28)42)26-21-12-3-1-10-19(21)25(20-11-2-4-13-22(20)26)17-8-7-9-18(16-17)39-50-23-14-5-6-15-24(23)51(39)38-36(48)34(46)33(45)35(47)37(38)49/h1-16H,40-49H2. The number of rotatable bonds is 4. The first-order valence-corrected chi connectivity index (χ1v) is 18.2. The van der Waals surface area contributed by atoms with E-state index in [1.807, 2.05) is 0 Å². The van der Waals surface area contributed by atoms with Crippen molar-refractivity contribution in [2.24, 2.45) is 0 Å². The van der Waals surface area contributed by atoms with Crippen LogP contribution in [0.25, 0.3) is 71.9 Å². The molecule has 1 aromatic heterocycles. The molecule has 0 atom stereocenters. The van der Waals surface area contributed by atoms with E-state index in [-0.39, 0.29) is 0 Å². The summed E-state index contributed by atoms with van der Waals surface area (Å²) in [5.41, 5.74) is 23.2. The van der Waals surface area contributed by atoms with Crippen LogP contribution in [0.4, 0.5) is 0 Å². The van der Waals surface area contributed by atoms with Crippen LogP contribution in [-0.4, -0.2) is 88.0 Å². The van der Waals surface area contributed by atoms with Gasteiger partial charge >= 0.3 is 0 Å². The summed E-state index contributed by atoms with van der Waals surface area (Å²) in [7, 11) is 22.7. The quantitative estimate of drug-likeness (QED) is 0.138. The number of benzene rings is 7. The smallest absolute Gasteiger partial charge is 0.145 e. The lowest BCUT2D eigenvalue weighted by Crippen LogP contribution is -2.56. The van der Waals surface area contributed by atoms with Crippen LogP contribution in [0.2, 0.25) is 0 Å². The third kappa shape index (κ3) is 4.97. The van der Waals surface area contributed by atoms with E-state index in [0.29, 0.717) is 0 Å². The number of nitrogens with zero attached hydrogens (tertiary/aromatic N) is 2. The summed E-state index contributed by atoms with van der Waals surface area (Å²) < 4.78 is 2.41. The van der Waals surface area contributed by atoms with Crippen LogP contribution in [-0.2, 0) is 0 Å². The van der Waals surface area contributed by atoms with Gasteiger partial charge in [-0.2, -0.15) is 0 Å². The van der Waals surface area contributed by atoms with E-state index < -0.39 is 0 Å². The molecular weight excluding hydrogens is 605 g/mol. The number of fused-ring (bicyclic) bond motifs is 3. The highest BCUT2D eigenvalue weighted by Gasteiger charge is 2.23. The van der Waals surface area contributed by atoms with Gasteiger partial charge in [0.15, 0.2) is 0 Å². The second kappa shape index (κ2) is 12.4. The van der Waals surface area contributed by atoms with E-state index in [4.69, 9.17) is 4.98 Å². The Balaban J connectivity index is 1.44. The second-order valence-electron chi connectivity index (χ2n) is 14.7. The first-order chi connectivity index (χ1) is 24.5. The van der Waals surface area contributed by atoms with E-state index >= 15 is 0 Å². The molecule has 0 radical (unpaired) electrons. The zero-order valence-electron chi connectivity index (χ0n) is 31.6. The number of aromatic nitrogens is 2. The van der Waals surface area contributed by atoms with Crippen molar-refractivity contribution >= 4 is 166 Å². The molecule has 0 spiro atoms. The van der Waals surface area contributed by atoms with E-state index in [9.17, 15) is 0 Å². The molecule has 8 aromatic rings. The monoisotopic (exact) mass is 642 g/mol. The molecule has 0 amide bonds. The molecular formula is C39H36B10N2. The van der Waals surface area contributed by atoms with Gasteiger partial charge in [0.1, 0.15) is 84.3 Å². The van der Waals surface area contributed by atoms with Crippen LogP contribution >= 0.6 is 0 Å². The van der Waals surface area contributed by atoms with Crippen LogP contribution < -0.4 is 54.6 Å². The van der Waals surface area contributed by atoms with Gasteiger partial charge in [-0.05, 0) is 62.0 Å². The highest BCUT2D eigenvalue weighted by molar-refractivity contribution is 6.70. The molecule has 232 valence electrons. The van der Waals surface area contributed by atoms with Crippen molar-refractivity contribution in [2.75, 3.05) is 0 Å². The Hall–Kier alpha value is -4.82. The minimum atomic E-state index is 0.967.